The maximum absolute atomic E-state index is 12.0. The van der Waals surface area contributed by atoms with Gasteiger partial charge in [-0.3, -0.25) is 4.72 Å². The second kappa shape index (κ2) is 5.39. The first-order chi connectivity index (χ1) is 9.38. The molecule has 0 atom stereocenters. The van der Waals surface area contributed by atoms with Crippen molar-refractivity contribution >= 4 is 33.1 Å². The second-order valence-corrected chi connectivity index (χ2v) is 5.65. The van der Waals surface area contributed by atoms with Gasteiger partial charge in [0.25, 0.3) is 10.0 Å². The fourth-order valence-corrected chi connectivity index (χ4v) is 2.39. The van der Waals surface area contributed by atoms with E-state index >= 15 is 0 Å². The Morgan fingerprint density at radius 2 is 1.90 bits per heavy atom. The van der Waals surface area contributed by atoms with E-state index < -0.39 is 20.8 Å². The molecular formula is C10H7ClN4O4S. The molecule has 8 nitrogen and oxygen atoms in total. The molecule has 0 saturated carbocycles. The molecule has 10 heteroatoms. The summed E-state index contributed by atoms with van der Waals surface area (Å²) in [5.41, 5.74) is 0.216. The topological polar surface area (TPSA) is 115 Å². The standard InChI is InChI=1S/C10H7ClN4O4S/c11-9-3-1-7(5-12-9)14-20(18,19)8-2-4-10(13-6-8)15(16)17/h1-6,14H. The largest absolute Gasteiger partial charge is 0.363 e. The molecule has 0 unspecified atom stereocenters. The van der Waals surface area contributed by atoms with Gasteiger partial charge in [0.05, 0.1) is 11.9 Å². The van der Waals surface area contributed by atoms with Gasteiger partial charge in [0.2, 0.25) is 0 Å². The number of halogens is 1. The smallest absolute Gasteiger partial charge is 0.358 e. The van der Waals surface area contributed by atoms with Gasteiger partial charge in [-0.05, 0) is 28.1 Å². The van der Waals surface area contributed by atoms with Crippen molar-refractivity contribution in [1.82, 2.24) is 9.97 Å². The van der Waals surface area contributed by atoms with Crippen LogP contribution in [0.3, 0.4) is 0 Å². The van der Waals surface area contributed by atoms with Crippen molar-refractivity contribution in [2.24, 2.45) is 0 Å². The lowest BCUT2D eigenvalue weighted by Gasteiger charge is -2.06. The van der Waals surface area contributed by atoms with E-state index in [0.29, 0.717) is 0 Å². The van der Waals surface area contributed by atoms with Crippen LogP contribution in [0.5, 0.6) is 0 Å². The van der Waals surface area contributed by atoms with Crippen molar-refractivity contribution < 1.29 is 13.3 Å². The Morgan fingerprint density at radius 3 is 2.40 bits per heavy atom. The normalized spacial score (nSPS) is 11.1. The molecule has 0 aromatic carbocycles. The summed E-state index contributed by atoms with van der Waals surface area (Å²) in [5.74, 6) is -0.433. The van der Waals surface area contributed by atoms with Gasteiger partial charge in [-0.15, -0.1) is 0 Å². The van der Waals surface area contributed by atoms with E-state index in [9.17, 15) is 18.5 Å². The van der Waals surface area contributed by atoms with Crippen molar-refractivity contribution in [2.45, 2.75) is 4.90 Å². The number of nitro groups is 1. The van der Waals surface area contributed by atoms with Gasteiger partial charge in [0, 0.05) is 6.07 Å². The zero-order valence-electron chi connectivity index (χ0n) is 9.72. The first-order valence-corrected chi connectivity index (χ1v) is 6.99. The highest BCUT2D eigenvalue weighted by molar-refractivity contribution is 7.92. The number of anilines is 1. The zero-order valence-corrected chi connectivity index (χ0v) is 11.3. The minimum Gasteiger partial charge on any atom is -0.358 e. The third-order valence-corrected chi connectivity index (χ3v) is 3.79. The molecule has 1 N–H and O–H groups in total. The van der Waals surface area contributed by atoms with Crippen molar-refractivity contribution in [2.75, 3.05) is 4.72 Å². The molecule has 0 fully saturated rings. The highest BCUT2D eigenvalue weighted by Gasteiger charge is 2.18. The molecule has 0 aliphatic rings. The lowest BCUT2D eigenvalue weighted by molar-refractivity contribution is -0.389. The molecule has 2 heterocycles. The summed E-state index contributed by atoms with van der Waals surface area (Å²) in [6.45, 7) is 0. The third-order valence-electron chi connectivity index (χ3n) is 2.20. The Labute approximate surface area is 118 Å². The molecule has 0 amide bonds. The Bertz CT molecular complexity index is 731. The number of sulfonamides is 1. The number of hydrogen-bond acceptors (Lipinski definition) is 6. The summed E-state index contributed by atoms with van der Waals surface area (Å²) in [4.78, 5) is 16.7. The molecule has 0 aliphatic carbocycles. The van der Waals surface area contributed by atoms with Crippen molar-refractivity contribution in [1.29, 1.82) is 0 Å². The summed E-state index contributed by atoms with van der Waals surface area (Å²) in [7, 11) is -3.89. The number of nitrogens with zero attached hydrogens (tertiary/aromatic N) is 3. The van der Waals surface area contributed by atoms with Crippen LogP contribution in [0.4, 0.5) is 11.5 Å². The second-order valence-electron chi connectivity index (χ2n) is 3.58. The van der Waals surface area contributed by atoms with Crippen LogP contribution in [0.25, 0.3) is 0 Å². The van der Waals surface area contributed by atoms with E-state index in [1.165, 1.54) is 18.3 Å². The molecule has 104 valence electrons. The van der Waals surface area contributed by atoms with Crippen LogP contribution in [0.15, 0.2) is 41.6 Å². The van der Waals surface area contributed by atoms with Crippen LogP contribution in [0.2, 0.25) is 5.15 Å². The fraction of sp³-hybridized carbons (Fsp3) is 0. The summed E-state index contributed by atoms with van der Waals surface area (Å²) in [6.07, 6.45) is 2.16. The van der Waals surface area contributed by atoms with E-state index in [-0.39, 0.29) is 15.7 Å². The lowest BCUT2D eigenvalue weighted by Crippen LogP contribution is -2.13. The molecule has 0 spiro atoms. The van der Waals surface area contributed by atoms with Gasteiger partial charge in [0.15, 0.2) is 6.20 Å². The summed E-state index contributed by atoms with van der Waals surface area (Å²) in [5, 5.41) is 10.7. The van der Waals surface area contributed by atoms with Gasteiger partial charge in [-0.1, -0.05) is 11.6 Å². The number of aromatic nitrogens is 2. The Kier molecular flexibility index (Phi) is 3.81. The van der Waals surface area contributed by atoms with E-state index in [2.05, 4.69) is 14.7 Å². The van der Waals surface area contributed by atoms with E-state index in [1.807, 2.05) is 0 Å². The minimum absolute atomic E-state index is 0.196. The van der Waals surface area contributed by atoms with Gasteiger partial charge in [0.1, 0.15) is 10.0 Å². The SMILES string of the molecule is O=[N+]([O-])c1ccc(S(=O)(=O)Nc2ccc(Cl)nc2)cn1. The zero-order chi connectivity index (χ0) is 14.8. The number of nitrogens with one attached hydrogen (secondary N) is 1. The minimum atomic E-state index is -3.89. The van der Waals surface area contributed by atoms with Crippen LogP contribution in [-0.2, 0) is 10.0 Å². The highest BCUT2D eigenvalue weighted by Crippen LogP contribution is 2.17. The molecule has 0 aliphatic heterocycles. The molecule has 2 rings (SSSR count). The average Bonchev–Trinajstić information content (AvgIpc) is 2.41. The summed E-state index contributed by atoms with van der Waals surface area (Å²) < 4.78 is 26.2. The lowest BCUT2D eigenvalue weighted by atomic mass is 10.4. The van der Waals surface area contributed by atoms with Crippen molar-refractivity contribution in [3.8, 4) is 0 Å². The van der Waals surface area contributed by atoms with Crippen LogP contribution < -0.4 is 4.72 Å². The van der Waals surface area contributed by atoms with E-state index in [4.69, 9.17) is 11.6 Å². The molecule has 0 saturated heterocycles. The summed E-state index contributed by atoms with van der Waals surface area (Å²) >= 11 is 5.58. The number of hydrogen-bond donors (Lipinski definition) is 1. The van der Waals surface area contributed by atoms with Gasteiger partial charge < -0.3 is 10.1 Å². The fourth-order valence-electron chi connectivity index (χ4n) is 1.29. The first kappa shape index (κ1) is 14.2. The number of pyridine rings is 2. The average molecular weight is 315 g/mol. The summed E-state index contributed by atoms with van der Waals surface area (Å²) in [6, 6.07) is 4.96. The molecule has 2 aromatic heterocycles. The predicted molar refractivity (Wildman–Crippen MR) is 70.9 cm³/mol. The van der Waals surface area contributed by atoms with Crippen molar-refractivity contribution in [3.63, 3.8) is 0 Å². The van der Waals surface area contributed by atoms with E-state index in [1.54, 1.807) is 0 Å². The van der Waals surface area contributed by atoms with Crippen LogP contribution in [-0.4, -0.2) is 23.3 Å². The van der Waals surface area contributed by atoms with Crippen molar-refractivity contribution in [3.05, 3.63) is 51.9 Å². The highest BCUT2D eigenvalue weighted by atomic mass is 35.5. The van der Waals surface area contributed by atoms with Gasteiger partial charge in [-0.25, -0.2) is 13.4 Å². The monoisotopic (exact) mass is 314 g/mol. The Morgan fingerprint density at radius 1 is 1.15 bits per heavy atom. The van der Waals surface area contributed by atoms with Crippen LogP contribution in [0, 0.1) is 10.1 Å². The Hall–Kier alpha value is -2.26. The maximum atomic E-state index is 12.0. The molecule has 0 radical (unpaired) electrons. The molecular weight excluding hydrogens is 308 g/mol. The van der Waals surface area contributed by atoms with Gasteiger partial charge in [-0.2, -0.15) is 0 Å². The Balaban J connectivity index is 2.26. The number of rotatable bonds is 4. The molecule has 2 aromatic rings. The quantitative estimate of drug-likeness (QED) is 0.523. The van der Waals surface area contributed by atoms with E-state index in [0.717, 1.165) is 18.3 Å². The van der Waals surface area contributed by atoms with Crippen LogP contribution >= 0.6 is 11.6 Å². The van der Waals surface area contributed by atoms with Gasteiger partial charge >= 0.3 is 5.82 Å². The maximum Gasteiger partial charge on any atom is 0.363 e. The predicted octanol–water partition coefficient (Wildman–Crippen LogP) is 1.84. The third kappa shape index (κ3) is 3.19. The first-order valence-electron chi connectivity index (χ1n) is 5.13. The molecule has 0 bridgehead atoms. The molecule has 20 heavy (non-hydrogen) atoms. The van der Waals surface area contributed by atoms with Crippen LogP contribution in [0.1, 0.15) is 0 Å².